The first-order valence-corrected chi connectivity index (χ1v) is 5.70. The van der Waals surface area contributed by atoms with Crippen LogP contribution in [0.15, 0.2) is 0 Å². The Balaban J connectivity index is -0.0000000358. The maximum Gasteiger partial charge on any atom is 0.0598 e. The molecule has 0 heterocycles. The van der Waals surface area contributed by atoms with Crippen LogP contribution in [0.2, 0.25) is 0 Å². The highest BCUT2D eigenvalue weighted by molar-refractivity contribution is 5.20. The third-order valence-corrected chi connectivity index (χ3v) is 1.48. The van der Waals surface area contributed by atoms with Crippen molar-refractivity contribution in [3.63, 3.8) is 0 Å². The highest BCUT2D eigenvalue weighted by atomic mass is 16.5. The highest BCUT2D eigenvalue weighted by Crippen LogP contribution is 2.06. The Labute approximate surface area is 118 Å². The summed E-state index contributed by atoms with van der Waals surface area (Å²) in [5, 5.41) is 0. The second-order valence-electron chi connectivity index (χ2n) is 4.64. The standard InChI is InChI=1S/C9H21NO.C5H4.HNO.4H2/c1-9(2,3)11-8-6-7-10(4)5;1-3-5-4-2;1-2;;;;/h6-8H2,1-5H3;1H,2H3;1H;4*1H. The SMILES string of the molecule is C#CC#CC.CN(C)CCCOC(C)(C)C.N=O.[HH].[HH].[HH].[HH]. The van der Waals surface area contributed by atoms with Crippen molar-refractivity contribution in [1.29, 1.82) is 5.59 Å². The van der Waals surface area contributed by atoms with E-state index in [1.165, 1.54) is 0 Å². The Bertz CT molecular complexity index is 279. The lowest BCUT2D eigenvalue weighted by molar-refractivity contribution is -0.00577. The van der Waals surface area contributed by atoms with E-state index in [1.807, 2.05) is 0 Å². The van der Waals surface area contributed by atoms with E-state index in [1.54, 1.807) is 6.92 Å². The highest BCUT2D eigenvalue weighted by Gasteiger charge is 2.08. The topological polar surface area (TPSA) is 53.4 Å². The van der Waals surface area contributed by atoms with Crippen LogP contribution in [0.4, 0.5) is 0 Å². The molecule has 0 radical (unpaired) electrons. The van der Waals surface area contributed by atoms with E-state index in [4.69, 9.17) is 16.1 Å². The van der Waals surface area contributed by atoms with Gasteiger partial charge in [-0.05, 0) is 66.6 Å². The molecule has 0 aromatic heterocycles. The van der Waals surface area contributed by atoms with Crippen molar-refractivity contribution >= 4 is 0 Å². The van der Waals surface area contributed by atoms with Crippen LogP contribution in [0.3, 0.4) is 0 Å². The summed E-state index contributed by atoms with van der Waals surface area (Å²) < 4.78 is 5.55. The summed E-state index contributed by atoms with van der Waals surface area (Å²) in [4.78, 5) is 9.67. The van der Waals surface area contributed by atoms with Gasteiger partial charge in [0.05, 0.1) is 5.60 Å². The van der Waals surface area contributed by atoms with Crippen LogP contribution in [0.1, 0.15) is 39.8 Å². The zero-order valence-electron chi connectivity index (χ0n) is 12.5. The van der Waals surface area contributed by atoms with Crippen molar-refractivity contribution in [2.75, 3.05) is 27.2 Å². The quantitative estimate of drug-likeness (QED) is 0.477. The van der Waals surface area contributed by atoms with Crippen LogP contribution in [-0.4, -0.2) is 37.7 Å². The van der Waals surface area contributed by atoms with Gasteiger partial charge in [-0.15, -0.1) is 6.42 Å². The molecule has 0 spiro atoms. The van der Waals surface area contributed by atoms with E-state index < -0.39 is 0 Å². The van der Waals surface area contributed by atoms with Gasteiger partial charge in [0, 0.05) is 12.3 Å². The van der Waals surface area contributed by atoms with Gasteiger partial charge in [-0.1, -0.05) is 11.5 Å². The van der Waals surface area contributed by atoms with E-state index in [9.17, 15) is 0 Å². The first-order valence-electron chi connectivity index (χ1n) is 5.70. The van der Waals surface area contributed by atoms with E-state index in [0.29, 0.717) is 0 Å². The Morgan fingerprint density at radius 3 is 2.06 bits per heavy atom. The fraction of sp³-hybridized carbons (Fsp3) is 0.714. The lowest BCUT2D eigenvalue weighted by Crippen LogP contribution is -2.22. The summed E-state index contributed by atoms with van der Waals surface area (Å²) in [5.41, 5.74) is 4.52. The zero-order chi connectivity index (χ0) is 15.0. The van der Waals surface area contributed by atoms with Crippen molar-refractivity contribution in [2.45, 2.75) is 39.7 Å². The molecule has 0 aromatic rings. The third kappa shape index (κ3) is 36.5. The van der Waals surface area contributed by atoms with Crippen molar-refractivity contribution in [3.8, 4) is 24.2 Å². The minimum absolute atomic E-state index is 0. The molecule has 4 nitrogen and oxygen atoms in total. The molecule has 0 aromatic carbocycles. The molecule has 0 saturated carbocycles. The molecule has 0 rings (SSSR count). The lowest BCUT2D eigenvalue weighted by Gasteiger charge is -2.20. The molecule has 4 heteroatoms. The van der Waals surface area contributed by atoms with Gasteiger partial charge in [-0.2, -0.15) is 4.91 Å². The molecule has 0 aliphatic carbocycles. The molecule has 0 aliphatic heterocycles. The Hall–Kier alpha value is -1.36. The fourth-order valence-corrected chi connectivity index (χ4v) is 0.831. The number of ether oxygens (including phenoxy) is 1. The molecule has 0 saturated heterocycles. The maximum atomic E-state index is 7.50. The van der Waals surface area contributed by atoms with Crippen molar-refractivity contribution in [1.82, 2.24) is 4.90 Å². The smallest absolute Gasteiger partial charge is 0.0598 e. The minimum Gasteiger partial charge on any atom is -0.376 e. The summed E-state index contributed by atoms with van der Waals surface area (Å²) in [5.74, 6) is 7.08. The van der Waals surface area contributed by atoms with Gasteiger partial charge in [0.1, 0.15) is 0 Å². The third-order valence-electron chi connectivity index (χ3n) is 1.48. The summed E-state index contributed by atoms with van der Waals surface area (Å²) >= 11 is 0. The lowest BCUT2D eigenvalue weighted by atomic mass is 10.2. The number of rotatable bonds is 4. The number of nitrogens with zero attached hydrogens (tertiary/aromatic N) is 1. The number of terminal acetylenes is 1. The predicted molar refractivity (Wildman–Crippen MR) is 85.7 cm³/mol. The molecule has 0 aliphatic rings. The molecule has 18 heavy (non-hydrogen) atoms. The fourth-order valence-electron chi connectivity index (χ4n) is 0.831. The van der Waals surface area contributed by atoms with Crippen molar-refractivity contribution in [2.24, 2.45) is 0 Å². The Morgan fingerprint density at radius 1 is 1.33 bits per heavy atom. The average molecular weight is 262 g/mol. The molecule has 0 unspecified atom stereocenters. The average Bonchev–Trinajstić information content (AvgIpc) is 2.28. The van der Waals surface area contributed by atoms with Crippen LogP contribution < -0.4 is 0 Å². The summed E-state index contributed by atoms with van der Waals surface area (Å²) in [6.45, 7) is 9.94. The molecule has 0 bridgehead atoms. The molecule has 0 amide bonds. The van der Waals surface area contributed by atoms with Crippen LogP contribution in [0.25, 0.3) is 0 Å². The van der Waals surface area contributed by atoms with Gasteiger partial charge in [0.15, 0.2) is 0 Å². The minimum atomic E-state index is 0. The summed E-state index contributed by atoms with van der Waals surface area (Å²) in [7, 11) is 4.16. The van der Waals surface area contributed by atoms with Crippen molar-refractivity contribution < 1.29 is 10.4 Å². The van der Waals surface area contributed by atoms with Gasteiger partial charge in [-0.3, -0.25) is 0 Å². The molecule has 112 valence electrons. The van der Waals surface area contributed by atoms with E-state index in [2.05, 4.69) is 63.1 Å². The maximum absolute atomic E-state index is 7.50. The molecule has 1 N–H and O–H groups in total. The van der Waals surface area contributed by atoms with Gasteiger partial charge < -0.3 is 9.64 Å². The Kier molecular flexibility index (Phi) is 19.0. The second kappa shape index (κ2) is 15.6. The molecular weight excluding hydrogens is 228 g/mol. The molecule has 0 fully saturated rings. The predicted octanol–water partition coefficient (Wildman–Crippen LogP) is 3.71. The molecular formula is C14H34N2O2. The largest absolute Gasteiger partial charge is 0.376 e. The van der Waals surface area contributed by atoms with Crippen LogP contribution >= 0.6 is 0 Å². The number of hydrogen-bond donors (Lipinski definition) is 1. The van der Waals surface area contributed by atoms with Gasteiger partial charge >= 0.3 is 0 Å². The monoisotopic (exact) mass is 262 g/mol. The zero-order valence-corrected chi connectivity index (χ0v) is 12.5. The van der Waals surface area contributed by atoms with E-state index in [-0.39, 0.29) is 11.3 Å². The first-order chi connectivity index (χ1) is 8.33. The number of nitroso groups, excluding NO2 is 1. The van der Waals surface area contributed by atoms with E-state index in [0.717, 1.165) is 19.6 Å². The normalized spacial score (nSPS) is 8.78. The first kappa shape index (κ1) is 21.9. The van der Waals surface area contributed by atoms with Gasteiger partial charge in [0.2, 0.25) is 0 Å². The second-order valence-corrected chi connectivity index (χ2v) is 4.64. The summed E-state index contributed by atoms with van der Waals surface area (Å²) in [6.07, 6.45) is 5.83. The summed E-state index contributed by atoms with van der Waals surface area (Å²) in [6, 6.07) is 0. The van der Waals surface area contributed by atoms with Crippen LogP contribution in [-0.2, 0) is 4.74 Å². The van der Waals surface area contributed by atoms with Gasteiger partial charge in [-0.25, -0.2) is 0 Å². The number of nitrogens with one attached hydrogen (secondary N) is 1. The molecule has 0 atom stereocenters. The van der Waals surface area contributed by atoms with Crippen molar-refractivity contribution in [3.05, 3.63) is 4.91 Å². The van der Waals surface area contributed by atoms with Crippen LogP contribution in [0.5, 0.6) is 0 Å². The van der Waals surface area contributed by atoms with Crippen LogP contribution in [0, 0.1) is 34.7 Å². The Morgan fingerprint density at radius 2 is 1.83 bits per heavy atom. The number of hydrogen-bond acceptors (Lipinski definition) is 4. The van der Waals surface area contributed by atoms with E-state index >= 15 is 0 Å². The van der Waals surface area contributed by atoms with Gasteiger partial charge in [0.25, 0.3) is 0 Å².